The molecular weight excluding hydrogens is 210 g/mol. The van der Waals surface area contributed by atoms with E-state index in [0.29, 0.717) is 0 Å². The Balaban J connectivity index is 2.77. The van der Waals surface area contributed by atoms with E-state index in [1.807, 2.05) is 0 Å². The molecule has 1 unspecified atom stereocenters. The molecule has 0 aromatic heterocycles. The first-order chi connectivity index (χ1) is 7.71. The smallest absolute Gasteiger partial charge is 0.145 e. The lowest BCUT2D eigenvalue weighted by molar-refractivity contribution is 0.0773. The molecule has 0 heterocycles. The lowest BCUT2D eigenvalue weighted by Gasteiger charge is -2.31. The highest BCUT2D eigenvalue weighted by Crippen LogP contribution is 2.30. The van der Waals surface area contributed by atoms with Gasteiger partial charge < -0.3 is 4.84 Å². The third-order valence-electron chi connectivity index (χ3n) is 2.91. The van der Waals surface area contributed by atoms with Gasteiger partial charge in [0, 0.05) is 10.8 Å². The number of hydrogen-bond donors (Lipinski definition) is 0. The van der Waals surface area contributed by atoms with E-state index in [4.69, 9.17) is 4.84 Å². The minimum atomic E-state index is 0.0522. The molecule has 0 aromatic rings. The zero-order valence-electron chi connectivity index (χ0n) is 12.2. The van der Waals surface area contributed by atoms with Crippen molar-refractivity contribution in [1.82, 2.24) is 0 Å². The zero-order chi connectivity index (χ0) is 13.1. The van der Waals surface area contributed by atoms with Crippen LogP contribution in [0.1, 0.15) is 60.8 Å². The quantitative estimate of drug-likeness (QED) is 0.392. The van der Waals surface area contributed by atoms with E-state index in [1.165, 1.54) is 12.8 Å². The normalized spacial score (nSPS) is 21.2. The molecule has 98 valence electrons. The molecule has 1 atom stereocenters. The first-order valence-electron chi connectivity index (χ1n) is 6.63. The minimum absolute atomic E-state index is 0.0522. The van der Waals surface area contributed by atoms with Crippen LogP contribution in [-0.2, 0) is 4.84 Å². The minimum Gasteiger partial charge on any atom is -0.388 e. The molecule has 0 fully saturated rings. The lowest BCUT2D eigenvalue weighted by Crippen LogP contribution is -2.33. The fourth-order valence-electron chi connectivity index (χ4n) is 2.39. The first-order valence-corrected chi connectivity index (χ1v) is 6.63. The van der Waals surface area contributed by atoms with Gasteiger partial charge in [-0.05, 0) is 25.3 Å². The average molecular weight is 237 g/mol. The van der Waals surface area contributed by atoms with E-state index < -0.39 is 0 Å². The summed E-state index contributed by atoms with van der Waals surface area (Å²) in [6.07, 6.45) is 7.96. The van der Waals surface area contributed by atoms with Crippen LogP contribution >= 0.6 is 0 Å². The standard InChI is InChI=1S/C15H27NO/c1-14(2,3)13(15(4,5)6)16-17-12-10-8-7-9-11-12/h8,10,12H,7,9,11H2,1-6H3. The molecule has 1 aliphatic rings. The van der Waals surface area contributed by atoms with Crippen LogP contribution in [0.4, 0.5) is 0 Å². The van der Waals surface area contributed by atoms with Gasteiger partial charge in [0.2, 0.25) is 0 Å². The number of allylic oxidation sites excluding steroid dienone is 1. The van der Waals surface area contributed by atoms with Gasteiger partial charge in [-0.15, -0.1) is 0 Å². The largest absolute Gasteiger partial charge is 0.388 e. The Bertz CT molecular complexity index is 286. The third-order valence-corrected chi connectivity index (χ3v) is 2.91. The molecular formula is C15H27NO. The Morgan fingerprint density at radius 1 is 1.12 bits per heavy atom. The summed E-state index contributed by atoms with van der Waals surface area (Å²) in [5, 5.41) is 4.46. The van der Waals surface area contributed by atoms with Gasteiger partial charge in [0.05, 0.1) is 5.71 Å². The van der Waals surface area contributed by atoms with Crippen molar-refractivity contribution in [1.29, 1.82) is 0 Å². The fraction of sp³-hybridized carbons (Fsp3) is 0.800. The van der Waals surface area contributed by atoms with E-state index >= 15 is 0 Å². The molecule has 1 aliphatic carbocycles. The van der Waals surface area contributed by atoms with E-state index in [-0.39, 0.29) is 16.9 Å². The summed E-state index contributed by atoms with van der Waals surface area (Å²) >= 11 is 0. The molecule has 0 saturated heterocycles. The highest BCUT2D eigenvalue weighted by molar-refractivity contribution is 5.93. The maximum atomic E-state index is 5.70. The van der Waals surface area contributed by atoms with Crippen LogP contribution in [0.5, 0.6) is 0 Å². The third kappa shape index (κ3) is 4.53. The van der Waals surface area contributed by atoms with Crippen LogP contribution in [0.15, 0.2) is 17.3 Å². The van der Waals surface area contributed by atoms with Gasteiger partial charge in [0.25, 0.3) is 0 Å². The molecule has 0 bridgehead atoms. The van der Waals surface area contributed by atoms with Gasteiger partial charge in [0.15, 0.2) is 0 Å². The summed E-state index contributed by atoms with van der Waals surface area (Å²) in [7, 11) is 0. The van der Waals surface area contributed by atoms with Crippen LogP contribution in [0.2, 0.25) is 0 Å². The van der Waals surface area contributed by atoms with Gasteiger partial charge >= 0.3 is 0 Å². The molecule has 0 N–H and O–H groups in total. The molecule has 2 heteroatoms. The first kappa shape index (κ1) is 14.3. The predicted octanol–water partition coefficient (Wildman–Crippen LogP) is 4.56. The summed E-state index contributed by atoms with van der Waals surface area (Å²) in [6.45, 7) is 13.1. The molecule has 1 rings (SSSR count). The van der Waals surface area contributed by atoms with Crippen LogP contribution in [0, 0.1) is 10.8 Å². The molecule has 0 spiro atoms. The monoisotopic (exact) mass is 237 g/mol. The summed E-state index contributed by atoms with van der Waals surface area (Å²) in [5.74, 6) is 0. The second-order valence-electron chi connectivity index (χ2n) is 6.94. The summed E-state index contributed by atoms with van der Waals surface area (Å²) in [5.41, 5.74) is 1.23. The molecule has 0 saturated carbocycles. The van der Waals surface area contributed by atoms with Crippen LogP contribution in [-0.4, -0.2) is 11.8 Å². The van der Waals surface area contributed by atoms with Crippen molar-refractivity contribution in [2.45, 2.75) is 66.9 Å². The Kier molecular flexibility index (Phi) is 4.40. The van der Waals surface area contributed by atoms with Crippen molar-refractivity contribution in [2.24, 2.45) is 16.0 Å². The molecule has 0 amide bonds. The Labute approximate surface area is 106 Å². The topological polar surface area (TPSA) is 21.6 Å². The predicted molar refractivity (Wildman–Crippen MR) is 74.2 cm³/mol. The highest BCUT2D eigenvalue weighted by atomic mass is 16.6. The maximum absolute atomic E-state index is 5.70. The fourth-order valence-corrected chi connectivity index (χ4v) is 2.39. The van der Waals surface area contributed by atoms with Crippen molar-refractivity contribution in [3.8, 4) is 0 Å². The second-order valence-corrected chi connectivity index (χ2v) is 6.94. The maximum Gasteiger partial charge on any atom is 0.145 e. The summed E-state index contributed by atoms with van der Waals surface area (Å²) in [4.78, 5) is 5.70. The SMILES string of the molecule is CC(C)(C)C(=NOC1C=CCCC1)C(C)(C)C. The molecule has 0 aliphatic heterocycles. The van der Waals surface area contributed by atoms with Gasteiger partial charge in [-0.1, -0.05) is 52.8 Å². The summed E-state index contributed by atoms with van der Waals surface area (Å²) in [6, 6.07) is 0. The van der Waals surface area contributed by atoms with Crippen molar-refractivity contribution < 1.29 is 4.84 Å². The number of rotatable bonds is 2. The number of oxime groups is 1. The highest BCUT2D eigenvalue weighted by Gasteiger charge is 2.31. The molecule has 0 aromatic carbocycles. The van der Waals surface area contributed by atoms with Gasteiger partial charge in [-0.3, -0.25) is 0 Å². The Morgan fingerprint density at radius 3 is 2.12 bits per heavy atom. The van der Waals surface area contributed by atoms with Crippen LogP contribution < -0.4 is 0 Å². The van der Waals surface area contributed by atoms with E-state index in [0.717, 1.165) is 12.1 Å². The van der Waals surface area contributed by atoms with Gasteiger partial charge in [0.1, 0.15) is 6.10 Å². The van der Waals surface area contributed by atoms with Gasteiger partial charge in [-0.2, -0.15) is 0 Å². The molecule has 0 radical (unpaired) electrons. The Hall–Kier alpha value is -0.790. The van der Waals surface area contributed by atoms with E-state index in [1.54, 1.807) is 0 Å². The van der Waals surface area contributed by atoms with Crippen molar-refractivity contribution >= 4 is 5.71 Å². The van der Waals surface area contributed by atoms with E-state index in [9.17, 15) is 0 Å². The average Bonchev–Trinajstić information content (AvgIpc) is 2.15. The van der Waals surface area contributed by atoms with Crippen molar-refractivity contribution in [2.75, 3.05) is 0 Å². The summed E-state index contributed by atoms with van der Waals surface area (Å²) < 4.78 is 0. The lowest BCUT2D eigenvalue weighted by atomic mass is 9.75. The van der Waals surface area contributed by atoms with Crippen molar-refractivity contribution in [3.05, 3.63) is 12.2 Å². The number of hydrogen-bond acceptors (Lipinski definition) is 2. The van der Waals surface area contributed by atoms with Crippen LogP contribution in [0.3, 0.4) is 0 Å². The molecule has 17 heavy (non-hydrogen) atoms. The van der Waals surface area contributed by atoms with Crippen LogP contribution in [0.25, 0.3) is 0 Å². The number of nitrogens with zero attached hydrogens (tertiary/aromatic N) is 1. The zero-order valence-corrected chi connectivity index (χ0v) is 12.2. The van der Waals surface area contributed by atoms with E-state index in [2.05, 4.69) is 58.9 Å². The van der Waals surface area contributed by atoms with Gasteiger partial charge in [-0.25, -0.2) is 0 Å². The van der Waals surface area contributed by atoms with Crippen molar-refractivity contribution in [3.63, 3.8) is 0 Å². The Morgan fingerprint density at radius 2 is 1.71 bits per heavy atom. The second kappa shape index (κ2) is 5.24. The molecule has 2 nitrogen and oxygen atoms in total.